The third-order valence-electron chi connectivity index (χ3n) is 3.68. The number of benzene rings is 2. The van der Waals surface area contributed by atoms with E-state index in [1.54, 1.807) is 23.2 Å². The highest BCUT2D eigenvalue weighted by Crippen LogP contribution is 2.30. The van der Waals surface area contributed by atoms with Crippen LogP contribution in [-0.2, 0) is 14.1 Å². The van der Waals surface area contributed by atoms with Crippen LogP contribution in [0.1, 0.15) is 16.5 Å². The Labute approximate surface area is 122 Å². The van der Waals surface area contributed by atoms with Crippen LogP contribution in [-0.4, -0.2) is 9.13 Å². The molecule has 1 heterocycles. The fourth-order valence-corrected chi connectivity index (χ4v) is 2.78. The van der Waals surface area contributed by atoms with E-state index in [0.29, 0.717) is 0 Å². The van der Waals surface area contributed by atoms with Crippen molar-refractivity contribution in [2.24, 2.45) is 14.1 Å². The molecule has 20 heavy (non-hydrogen) atoms. The van der Waals surface area contributed by atoms with E-state index < -0.39 is 0 Å². The summed E-state index contributed by atoms with van der Waals surface area (Å²) in [5, 5.41) is -0.212. The fourth-order valence-electron chi connectivity index (χ4n) is 2.50. The van der Waals surface area contributed by atoms with Crippen molar-refractivity contribution in [3.8, 4) is 0 Å². The number of fused-ring (bicyclic) bond motifs is 1. The first-order valence-corrected chi connectivity index (χ1v) is 6.87. The van der Waals surface area contributed by atoms with E-state index in [2.05, 4.69) is 0 Å². The van der Waals surface area contributed by atoms with Crippen LogP contribution in [0, 0.1) is 0 Å². The van der Waals surface area contributed by atoms with Gasteiger partial charge in [0.1, 0.15) is 0 Å². The SMILES string of the molecule is Cn1c(=O)n(C)c2cc(C(Cl)c3ccccc3)ccc21. The van der Waals surface area contributed by atoms with E-state index in [-0.39, 0.29) is 11.1 Å². The van der Waals surface area contributed by atoms with Crippen LogP contribution in [0.25, 0.3) is 11.0 Å². The molecule has 0 saturated heterocycles. The maximum atomic E-state index is 11.9. The van der Waals surface area contributed by atoms with Crippen molar-refractivity contribution in [1.82, 2.24) is 9.13 Å². The van der Waals surface area contributed by atoms with Crippen LogP contribution in [0.3, 0.4) is 0 Å². The quantitative estimate of drug-likeness (QED) is 0.665. The minimum absolute atomic E-state index is 0.0250. The van der Waals surface area contributed by atoms with Crippen molar-refractivity contribution >= 4 is 22.6 Å². The van der Waals surface area contributed by atoms with Gasteiger partial charge in [-0.1, -0.05) is 36.4 Å². The second kappa shape index (κ2) is 4.84. The van der Waals surface area contributed by atoms with Crippen LogP contribution >= 0.6 is 11.6 Å². The van der Waals surface area contributed by atoms with E-state index in [9.17, 15) is 4.79 Å². The predicted octanol–water partition coefficient (Wildman–Crippen LogP) is 3.21. The molecule has 0 fully saturated rings. The lowest BCUT2D eigenvalue weighted by molar-refractivity contribution is 0.795. The van der Waals surface area contributed by atoms with Crippen molar-refractivity contribution in [2.75, 3.05) is 0 Å². The molecule has 0 aliphatic rings. The molecule has 1 unspecified atom stereocenters. The second-order valence-electron chi connectivity index (χ2n) is 4.92. The summed E-state index contributed by atoms with van der Waals surface area (Å²) in [6.07, 6.45) is 0. The van der Waals surface area contributed by atoms with E-state index >= 15 is 0 Å². The predicted molar refractivity (Wildman–Crippen MR) is 82.3 cm³/mol. The molecule has 1 aromatic heterocycles. The van der Waals surface area contributed by atoms with E-state index in [0.717, 1.165) is 22.2 Å². The monoisotopic (exact) mass is 286 g/mol. The Morgan fingerprint density at radius 2 is 1.55 bits per heavy atom. The highest BCUT2D eigenvalue weighted by atomic mass is 35.5. The first-order valence-electron chi connectivity index (χ1n) is 6.44. The lowest BCUT2D eigenvalue weighted by Gasteiger charge is -2.10. The zero-order chi connectivity index (χ0) is 14.3. The average Bonchev–Trinajstić information content (AvgIpc) is 2.72. The Morgan fingerprint density at radius 3 is 2.25 bits per heavy atom. The van der Waals surface area contributed by atoms with Crippen molar-refractivity contribution in [3.63, 3.8) is 0 Å². The maximum absolute atomic E-state index is 11.9. The third kappa shape index (κ3) is 1.95. The van der Waals surface area contributed by atoms with Crippen molar-refractivity contribution in [3.05, 3.63) is 70.1 Å². The Kier molecular flexibility index (Phi) is 3.14. The first kappa shape index (κ1) is 13.0. The molecular weight excluding hydrogens is 272 g/mol. The van der Waals surface area contributed by atoms with Gasteiger partial charge in [0.15, 0.2) is 0 Å². The molecule has 2 aromatic carbocycles. The van der Waals surface area contributed by atoms with Gasteiger partial charge in [0, 0.05) is 14.1 Å². The zero-order valence-electron chi connectivity index (χ0n) is 11.4. The highest BCUT2D eigenvalue weighted by molar-refractivity contribution is 6.22. The minimum Gasteiger partial charge on any atom is -0.295 e. The Morgan fingerprint density at radius 1 is 0.900 bits per heavy atom. The normalized spacial score (nSPS) is 12.8. The summed E-state index contributed by atoms with van der Waals surface area (Å²) in [4.78, 5) is 11.9. The van der Waals surface area contributed by atoms with Crippen molar-refractivity contribution in [2.45, 2.75) is 5.38 Å². The molecule has 0 aliphatic carbocycles. The molecule has 1 atom stereocenters. The Balaban J connectivity index is 2.14. The molecule has 0 saturated carbocycles. The number of rotatable bonds is 2. The number of hydrogen-bond acceptors (Lipinski definition) is 1. The summed E-state index contributed by atoms with van der Waals surface area (Å²) in [7, 11) is 3.56. The fraction of sp³-hybridized carbons (Fsp3) is 0.188. The first-order chi connectivity index (χ1) is 9.59. The second-order valence-corrected chi connectivity index (χ2v) is 5.36. The summed E-state index contributed by atoms with van der Waals surface area (Å²) < 4.78 is 3.29. The van der Waals surface area contributed by atoms with Crippen molar-refractivity contribution in [1.29, 1.82) is 0 Å². The van der Waals surface area contributed by atoms with Crippen molar-refractivity contribution < 1.29 is 0 Å². The van der Waals surface area contributed by atoms with Gasteiger partial charge >= 0.3 is 5.69 Å². The van der Waals surface area contributed by atoms with E-state index in [4.69, 9.17) is 11.6 Å². The number of hydrogen-bond donors (Lipinski definition) is 0. The lowest BCUT2D eigenvalue weighted by atomic mass is 10.0. The topological polar surface area (TPSA) is 26.9 Å². The van der Waals surface area contributed by atoms with Crippen LogP contribution in [0.4, 0.5) is 0 Å². The number of imidazole rings is 1. The minimum atomic E-state index is -0.212. The summed E-state index contributed by atoms with van der Waals surface area (Å²) in [6.45, 7) is 0. The zero-order valence-corrected chi connectivity index (χ0v) is 12.1. The number of nitrogens with zero attached hydrogens (tertiary/aromatic N) is 2. The summed E-state index contributed by atoms with van der Waals surface area (Å²) >= 11 is 6.54. The van der Waals surface area contributed by atoms with Gasteiger partial charge in [0.25, 0.3) is 0 Å². The third-order valence-corrected chi connectivity index (χ3v) is 4.18. The van der Waals surface area contributed by atoms with Gasteiger partial charge in [-0.3, -0.25) is 9.13 Å². The molecule has 3 nitrogen and oxygen atoms in total. The molecule has 3 aromatic rings. The number of aryl methyl sites for hydroxylation is 2. The van der Waals surface area contributed by atoms with Gasteiger partial charge in [-0.05, 0) is 23.3 Å². The molecule has 0 radical (unpaired) electrons. The number of alkyl halides is 1. The lowest BCUT2D eigenvalue weighted by Crippen LogP contribution is -2.19. The molecular formula is C16H15ClN2O. The van der Waals surface area contributed by atoms with E-state index in [1.807, 2.05) is 48.5 Å². The summed E-state index contributed by atoms with van der Waals surface area (Å²) in [5.41, 5.74) is 3.83. The van der Waals surface area contributed by atoms with Gasteiger partial charge < -0.3 is 0 Å². The molecule has 0 aliphatic heterocycles. The smallest absolute Gasteiger partial charge is 0.295 e. The molecule has 3 rings (SSSR count). The van der Waals surface area contributed by atoms with Gasteiger partial charge in [-0.2, -0.15) is 0 Å². The van der Waals surface area contributed by atoms with Crippen LogP contribution < -0.4 is 5.69 Å². The number of aromatic nitrogens is 2. The van der Waals surface area contributed by atoms with Gasteiger partial charge in [0.2, 0.25) is 0 Å². The highest BCUT2D eigenvalue weighted by Gasteiger charge is 2.14. The van der Waals surface area contributed by atoms with Gasteiger partial charge in [-0.15, -0.1) is 11.6 Å². The molecule has 102 valence electrons. The maximum Gasteiger partial charge on any atom is 0.328 e. The average molecular weight is 287 g/mol. The van der Waals surface area contributed by atoms with Crippen LogP contribution in [0.5, 0.6) is 0 Å². The van der Waals surface area contributed by atoms with Crippen LogP contribution in [0.2, 0.25) is 0 Å². The Bertz CT molecular complexity index is 818. The summed E-state index contributed by atoms with van der Waals surface area (Å²) in [5.74, 6) is 0. The summed E-state index contributed by atoms with van der Waals surface area (Å²) in [6, 6.07) is 15.8. The number of halogens is 1. The molecule has 0 bridgehead atoms. The van der Waals surface area contributed by atoms with Gasteiger partial charge in [0.05, 0.1) is 16.4 Å². The van der Waals surface area contributed by atoms with Gasteiger partial charge in [-0.25, -0.2) is 4.79 Å². The molecule has 4 heteroatoms. The standard InChI is InChI=1S/C16H15ClN2O/c1-18-13-9-8-12(10-14(13)19(2)16(18)20)15(17)11-6-4-3-5-7-11/h3-10,15H,1-2H3. The molecule has 0 spiro atoms. The molecule has 0 N–H and O–H groups in total. The molecule has 0 amide bonds. The Hall–Kier alpha value is -2.00. The van der Waals surface area contributed by atoms with Crippen LogP contribution in [0.15, 0.2) is 53.3 Å². The largest absolute Gasteiger partial charge is 0.328 e. The van der Waals surface area contributed by atoms with E-state index in [1.165, 1.54) is 0 Å².